The second-order valence-corrected chi connectivity index (χ2v) is 3.87. The molecule has 1 amide bonds. The van der Waals surface area contributed by atoms with E-state index < -0.39 is 0 Å². The minimum Gasteiger partial charge on any atom is -0.370 e. The Kier molecular flexibility index (Phi) is 2.39. The number of carbonyl (C=O) groups excluding carboxylic acids is 1. The van der Waals surface area contributed by atoms with Gasteiger partial charge in [-0.1, -0.05) is 24.3 Å². The monoisotopic (exact) mass is 219 g/mol. The first-order valence-corrected chi connectivity index (χ1v) is 5.16. The number of aliphatic imine (C=N–C) groups is 1. The van der Waals surface area contributed by atoms with E-state index >= 15 is 0 Å². The lowest BCUT2D eigenvalue weighted by atomic mass is 10.2. The first kappa shape index (κ1) is 9.67. The summed E-state index contributed by atoms with van der Waals surface area (Å²) in [5.74, 6) is -0.598. The fraction of sp³-hybridized carbons (Fsp3) is 0. The summed E-state index contributed by atoms with van der Waals surface area (Å²) >= 11 is 1.35. The van der Waals surface area contributed by atoms with Crippen molar-refractivity contribution < 1.29 is 4.79 Å². The summed E-state index contributed by atoms with van der Waals surface area (Å²) in [5.41, 5.74) is 10.3. The van der Waals surface area contributed by atoms with Crippen molar-refractivity contribution >= 4 is 34.0 Å². The van der Waals surface area contributed by atoms with Gasteiger partial charge in [0.2, 0.25) is 0 Å². The average Bonchev–Trinajstić information content (AvgIpc) is 2.59. The molecule has 0 saturated carbocycles. The normalized spacial score (nSPS) is 10.1. The molecular formula is C10H9N3OS. The summed E-state index contributed by atoms with van der Waals surface area (Å²) in [6, 6.07) is 7.62. The van der Waals surface area contributed by atoms with Crippen LogP contribution in [0.4, 0.5) is 0 Å². The van der Waals surface area contributed by atoms with Crippen molar-refractivity contribution in [2.75, 3.05) is 0 Å². The molecule has 1 aromatic carbocycles. The SMILES string of the molecule is NC(N)=NC(=O)c1scc2ccccc12. The van der Waals surface area contributed by atoms with Gasteiger partial charge in [-0.2, -0.15) is 4.99 Å². The maximum Gasteiger partial charge on any atom is 0.290 e. The van der Waals surface area contributed by atoms with Crippen LogP contribution in [0.25, 0.3) is 10.8 Å². The van der Waals surface area contributed by atoms with Crippen molar-refractivity contribution in [3.63, 3.8) is 0 Å². The van der Waals surface area contributed by atoms with Crippen LogP contribution in [-0.4, -0.2) is 11.9 Å². The number of rotatable bonds is 1. The van der Waals surface area contributed by atoms with Crippen LogP contribution in [0.2, 0.25) is 0 Å². The van der Waals surface area contributed by atoms with Crippen molar-refractivity contribution in [3.8, 4) is 0 Å². The molecule has 0 unspecified atom stereocenters. The Hall–Kier alpha value is -1.88. The lowest BCUT2D eigenvalue weighted by Crippen LogP contribution is -2.24. The van der Waals surface area contributed by atoms with Crippen molar-refractivity contribution in [3.05, 3.63) is 34.5 Å². The number of thiophene rings is 1. The third-order valence-electron chi connectivity index (χ3n) is 1.93. The van der Waals surface area contributed by atoms with Gasteiger partial charge in [0.25, 0.3) is 5.91 Å². The molecule has 4 N–H and O–H groups in total. The first-order chi connectivity index (χ1) is 7.18. The molecule has 0 aliphatic rings. The van der Waals surface area contributed by atoms with E-state index in [1.807, 2.05) is 29.6 Å². The largest absolute Gasteiger partial charge is 0.370 e. The third kappa shape index (κ3) is 1.82. The average molecular weight is 219 g/mol. The molecule has 4 nitrogen and oxygen atoms in total. The van der Waals surface area contributed by atoms with Crippen LogP contribution in [0.1, 0.15) is 9.67 Å². The predicted octanol–water partition coefficient (Wildman–Crippen LogP) is 1.31. The molecule has 0 aliphatic heterocycles. The molecule has 1 heterocycles. The summed E-state index contributed by atoms with van der Waals surface area (Å²) in [6.07, 6.45) is 0. The molecular weight excluding hydrogens is 210 g/mol. The maximum absolute atomic E-state index is 11.6. The van der Waals surface area contributed by atoms with E-state index in [0.717, 1.165) is 10.8 Å². The van der Waals surface area contributed by atoms with Crippen molar-refractivity contribution in [1.82, 2.24) is 0 Å². The Balaban J connectivity index is 2.53. The number of hydrogen-bond acceptors (Lipinski definition) is 2. The van der Waals surface area contributed by atoms with Crippen molar-refractivity contribution in [1.29, 1.82) is 0 Å². The van der Waals surface area contributed by atoms with Gasteiger partial charge in [-0.05, 0) is 10.8 Å². The number of nitrogens with zero attached hydrogens (tertiary/aromatic N) is 1. The molecule has 0 aliphatic carbocycles. The number of carbonyl (C=O) groups is 1. The smallest absolute Gasteiger partial charge is 0.290 e. The van der Waals surface area contributed by atoms with Gasteiger partial charge in [-0.15, -0.1) is 11.3 Å². The Morgan fingerprint density at radius 2 is 2.00 bits per heavy atom. The number of guanidine groups is 1. The summed E-state index contributed by atoms with van der Waals surface area (Å²) in [7, 11) is 0. The van der Waals surface area contributed by atoms with Crippen LogP contribution < -0.4 is 11.5 Å². The Bertz CT molecular complexity index is 540. The molecule has 0 fully saturated rings. The molecule has 76 valence electrons. The number of fused-ring (bicyclic) bond motifs is 1. The van der Waals surface area contributed by atoms with E-state index in [0.29, 0.717) is 4.88 Å². The van der Waals surface area contributed by atoms with Crippen molar-refractivity contribution in [2.45, 2.75) is 0 Å². The molecule has 2 rings (SSSR count). The first-order valence-electron chi connectivity index (χ1n) is 4.28. The fourth-order valence-electron chi connectivity index (χ4n) is 1.33. The van der Waals surface area contributed by atoms with E-state index in [-0.39, 0.29) is 11.9 Å². The van der Waals surface area contributed by atoms with Crippen LogP contribution in [0, 0.1) is 0 Å². The second kappa shape index (κ2) is 3.70. The molecule has 2 aromatic rings. The Morgan fingerprint density at radius 3 is 2.73 bits per heavy atom. The zero-order valence-corrected chi connectivity index (χ0v) is 8.62. The van der Waals surface area contributed by atoms with Crippen molar-refractivity contribution in [2.24, 2.45) is 16.5 Å². The third-order valence-corrected chi connectivity index (χ3v) is 2.94. The highest BCUT2D eigenvalue weighted by atomic mass is 32.1. The van der Waals surface area contributed by atoms with E-state index in [9.17, 15) is 4.79 Å². The lowest BCUT2D eigenvalue weighted by molar-refractivity contribution is 0.101. The van der Waals surface area contributed by atoms with Gasteiger partial charge < -0.3 is 11.5 Å². The number of amides is 1. The second-order valence-electron chi connectivity index (χ2n) is 2.99. The minimum atomic E-state index is -0.388. The highest BCUT2D eigenvalue weighted by Crippen LogP contribution is 2.25. The molecule has 0 atom stereocenters. The number of benzene rings is 1. The van der Waals surface area contributed by atoms with Crippen LogP contribution in [0.5, 0.6) is 0 Å². The maximum atomic E-state index is 11.6. The summed E-state index contributed by atoms with van der Waals surface area (Å²) in [5, 5.41) is 3.82. The van der Waals surface area contributed by atoms with Gasteiger partial charge in [-0.3, -0.25) is 4.79 Å². The van der Waals surface area contributed by atoms with Crippen LogP contribution in [-0.2, 0) is 0 Å². The molecule has 0 saturated heterocycles. The van der Waals surface area contributed by atoms with Crippen LogP contribution in [0.15, 0.2) is 34.6 Å². The van der Waals surface area contributed by atoms with Gasteiger partial charge in [0.05, 0.1) is 0 Å². The molecule has 5 heteroatoms. The summed E-state index contributed by atoms with van der Waals surface area (Å²) in [6.45, 7) is 0. The van der Waals surface area contributed by atoms with Crippen LogP contribution in [0.3, 0.4) is 0 Å². The summed E-state index contributed by atoms with van der Waals surface area (Å²) < 4.78 is 0. The quantitative estimate of drug-likeness (QED) is 0.560. The predicted molar refractivity (Wildman–Crippen MR) is 62.0 cm³/mol. The standard InChI is InChI=1S/C10H9N3OS/c11-10(12)13-9(14)8-7-4-2-1-3-6(7)5-15-8/h1-5H,(H4,11,12,13,14). The van der Waals surface area contributed by atoms with Crippen LogP contribution >= 0.6 is 11.3 Å². The fourth-order valence-corrected chi connectivity index (χ4v) is 2.24. The zero-order chi connectivity index (χ0) is 10.8. The van der Waals surface area contributed by atoms with Gasteiger partial charge in [0.15, 0.2) is 5.96 Å². The van der Waals surface area contributed by atoms with E-state index in [1.54, 1.807) is 0 Å². The van der Waals surface area contributed by atoms with Gasteiger partial charge in [0.1, 0.15) is 4.88 Å². The lowest BCUT2D eigenvalue weighted by Gasteiger charge is -1.93. The Labute approximate surface area is 90.2 Å². The number of hydrogen-bond donors (Lipinski definition) is 2. The minimum absolute atomic E-state index is 0.211. The Morgan fingerprint density at radius 1 is 1.27 bits per heavy atom. The van der Waals surface area contributed by atoms with E-state index in [2.05, 4.69) is 4.99 Å². The van der Waals surface area contributed by atoms with Gasteiger partial charge >= 0.3 is 0 Å². The highest BCUT2D eigenvalue weighted by molar-refractivity contribution is 7.13. The zero-order valence-electron chi connectivity index (χ0n) is 7.81. The molecule has 15 heavy (non-hydrogen) atoms. The highest BCUT2D eigenvalue weighted by Gasteiger charge is 2.11. The topological polar surface area (TPSA) is 81.5 Å². The van der Waals surface area contributed by atoms with E-state index in [4.69, 9.17) is 11.5 Å². The van der Waals surface area contributed by atoms with Gasteiger partial charge in [0, 0.05) is 5.39 Å². The molecule has 0 radical (unpaired) electrons. The van der Waals surface area contributed by atoms with Gasteiger partial charge in [-0.25, -0.2) is 0 Å². The summed E-state index contributed by atoms with van der Waals surface area (Å²) in [4.78, 5) is 15.7. The van der Waals surface area contributed by atoms with E-state index in [1.165, 1.54) is 11.3 Å². The number of nitrogens with two attached hydrogens (primary N) is 2. The molecule has 0 spiro atoms. The molecule has 0 bridgehead atoms. The molecule has 1 aromatic heterocycles.